The number of ether oxygens (including phenoxy) is 5. The minimum atomic E-state index is -1.00. The predicted molar refractivity (Wildman–Crippen MR) is 115 cm³/mol. The molecule has 2 aliphatic heterocycles. The number of rotatable bonds is 3. The Morgan fingerprint density at radius 2 is 1.91 bits per heavy atom. The lowest BCUT2D eigenvalue weighted by Crippen LogP contribution is -2.67. The Labute approximate surface area is 198 Å². The van der Waals surface area contributed by atoms with E-state index in [0.29, 0.717) is 19.4 Å². The van der Waals surface area contributed by atoms with Crippen LogP contribution in [0.25, 0.3) is 0 Å². The molecule has 2 aliphatic carbocycles. The molecule has 4 aliphatic rings. The number of furan rings is 1. The van der Waals surface area contributed by atoms with Crippen LogP contribution in [0.3, 0.4) is 0 Å². The summed E-state index contributed by atoms with van der Waals surface area (Å²) in [6, 6.07) is 1.83. The molecule has 9 atom stereocenters. The van der Waals surface area contributed by atoms with Crippen LogP contribution in [0.15, 0.2) is 23.0 Å². The van der Waals surface area contributed by atoms with E-state index in [9.17, 15) is 14.4 Å². The molecule has 9 heteroatoms. The normalized spacial score (nSPS) is 43.8. The van der Waals surface area contributed by atoms with E-state index in [4.69, 9.17) is 28.1 Å². The van der Waals surface area contributed by atoms with Crippen molar-refractivity contribution in [3.05, 3.63) is 24.2 Å². The van der Waals surface area contributed by atoms with Crippen LogP contribution < -0.4 is 0 Å². The van der Waals surface area contributed by atoms with Gasteiger partial charge in [0.1, 0.15) is 5.60 Å². The maximum atomic E-state index is 14.0. The zero-order chi connectivity index (χ0) is 24.3. The molecule has 0 bridgehead atoms. The summed E-state index contributed by atoms with van der Waals surface area (Å²) >= 11 is 0. The molecule has 2 saturated carbocycles. The summed E-state index contributed by atoms with van der Waals surface area (Å²) in [5, 5.41) is 0. The number of fused-ring (bicyclic) bond motifs is 3. The molecule has 34 heavy (non-hydrogen) atoms. The Morgan fingerprint density at radius 1 is 1.15 bits per heavy atom. The van der Waals surface area contributed by atoms with Crippen molar-refractivity contribution in [3.63, 3.8) is 0 Å². The number of hydrogen-bond donors (Lipinski definition) is 0. The number of Topliss-reactive ketones (excluding diaryl/α,β-unsaturated/α-hetero) is 1. The van der Waals surface area contributed by atoms with Crippen LogP contribution in [-0.2, 0) is 38.1 Å². The molecule has 4 fully saturated rings. The Hall–Kier alpha value is -2.23. The molecule has 0 radical (unpaired) electrons. The molecule has 1 aromatic heterocycles. The summed E-state index contributed by atoms with van der Waals surface area (Å²) in [6.07, 6.45) is 3.19. The van der Waals surface area contributed by atoms with Crippen LogP contribution in [-0.4, -0.2) is 48.6 Å². The monoisotopic (exact) mass is 476 g/mol. The lowest BCUT2D eigenvalue weighted by Gasteiger charge is -2.58. The lowest BCUT2D eigenvalue weighted by atomic mass is 9.48. The van der Waals surface area contributed by atoms with E-state index < -0.39 is 59.6 Å². The Kier molecular flexibility index (Phi) is 5.85. The van der Waals surface area contributed by atoms with Gasteiger partial charge in [-0.1, -0.05) is 13.3 Å². The molecule has 0 N–H and O–H groups in total. The molecule has 3 heterocycles. The smallest absolute Gasteiger partial charge is 0.304 e. The van der Waals surface area contributed by atoms with Gasteiger partial charge in [-0.25, -0.2) is 0 Å². The van der Waals surface area contributed by atoms with Crippen molar-refractivity contribution < 1.29 is 42.5 Å². The van der Waals surface area contributed by atoms with Gasteiger partial charge in [0.25, 0.3) is 0 Å². The van der Waals surface area contributed by atoms with Crippen molar-refractivity contribution in [2.24, 2.45) is 23.2 Å². The zero-order valence-corrected chi connectivity index (χ0v) is 20.0. The predicted octanol–water partition coefficient (Wildman–Crippen LogP) is 3.32. The third kappa shape index (κ3) is 3.51. The second kappa shape index (κ2) is 8.46. The fourth-order valence-electron chi connectivity index (χ4n) is 7.09. The first-order chi connectivity index (χ1) is 16.2. The van der Waals surface area contributed by atoms with Gasteiger partial charge in [-0.15, -0.1) is 0 Å². The molecule has 2 saturated heterocycles. The molecule has 186 valence electrons. The van der Waals surface area contributed by atoms with E-state index in [1.165, 1.54) is 13.8 Å². The minimum Gasteiger partial charge on any atom is -0.472 e. The van der Waals surface area contributed by atoms with Gasteiger partial charge in [-0.05, 0) is 38.2 Å². The summed E-state index contributed by atoms with van der Waals surface area (Å²) in [7, 11) is 0. The topological polar surface area (TPSA) is 110 Å². The quantitative estimate of drug-likeness (QED) is 0.607. The van der Waals surface area contributed by atoms with Crippen LogP contribution >= 0.6 is 0 Å². The van der Waals surface area contributed by atoms with Gasteiger partial charge in [0, 0.05) is 30.7 Å². The highest BCUT2D eigenvalue weighted by atomic mass is 16.7. The first-order valence-electron chi connectivity index (χ1n) is 12.0. The molecule has 2 spiro atoms. The van der Waals surface area contributed by atoms with Crippen molar-refractivity contribution in [2.45, 2.75) is 83.8 Å². The fourth-order valence-corrected chi connectivity index (χ4v) is 7.09. The number of carbonyl (C=O) groups excluding carboxylic acids is 3. The van der Waals surface area contributed by atoms with E-state index in [0.717, 1.165) is 18.4 Å². The van der Waals surface area contributed by atoms with Gasteiger partial charge in [0.15, 0.2) is 18.2 Å². The van der Waals surface area contributed by atoms with E-state index in [-0.39, 0.29) is 11.7 Å². The second-order valence-electron chi connectivity index (χ2n) is 10.2. The van der Waals surface area contributed by atoms with Gasteiger partial charge in [-0.3, -0.25) is 14.4 Å². The van der Waals surface area contributed by atoms with Crippen molar-refractivity contribution in [2.75, 3.05) is 6.61 Å². The average molecular weight is 477 g/mol. The number of ketones is 1. The highest BCUT2D eigenvalue weighted by molar-refractivity contribution is 5.90. The van der Waals surface area contributed by atoms with Crippen LogP contribution in [0.4, 0.5) is 0 Å². The van der Waals surface area contributed by atoms with Gasteiger partial charge >= 0.3 is 11.9 Å². The van der Waals surface area contributed by atoms with Gasteiger partial charge in [-0.2, -0.15) is 0 Å². The summed E-state index contributed by atoms with van der Waals surface area (Å²) in [4.78, 5) is 38.2. The fraction of sp³-hybridized carbons (Fsp3) is 0.720. The van der Waals surface area contributed by atoms with Crippen molar-refractivity contribution in [1.82, 2.24) is 0 Å². The van der Waals surface area contributed by atoms with Crippen LogP contribution in [0.1, 0.15) is 65.0 Å². The summed E-state index contributed by atoms with van der Waals surface area (Å²) in [6.45, 7) is 6.66. The number of esters is 2. The van der Waals surface area contributed by atoms with Gasteiger partial charge < -0.3 is 28.1 Å². The van der Waals surface area contributed by atoms with E-state index in [1.807, 2.05) is 19.9 Å². The zero-order valence-electron chi connectivity index (χ0n) is 20.0. The largest absolute Gasteiger partial charge is 0.472 e. The van der Waals surface area contributed by atoms with Crippen molar-refractivity contribution in [1.29, 1.82) is 0 Å². The highest BCUT2D eigenvalue weighted by Crippen LogP contribution is 2.65. The summed E-state index contributed by atoms with van der Waals surface area (Å²) in [5.41, 5.74) is -0.743. The maximum absolute atomic E-state index is 14.0. The highest BCUT2D eigenvalue weighted by Gasteiger charge is 2.71. The number of hydrogen-bond acceptors (Lipinski definition) is 9. The van der Waals surface area contributed by atoms with Crippen LogP contribution in [0.2, 0.25) is 0 Å². The molecule has 0 unspecified atom stereocenters. The summed E-state index contributed by atoms with van der Waals surface area (Å²) < 4.78 is 35.2. The standard InChI is InChI=1S/C25H32O9/c1-13-22(31-14(2)26)21(28)20-18(6-5-8-24(20)12-30-16(4)34-24)25(13)10-19(17-7-9-29-11-17)33-23(25)32-15(3)27/h7,9,11,13,16,18-20,22-23H,5-6,8,10,12H2,1-4H3/t13-,16-,18+,19+,20-,22-,23-,24-,25-/m1/s1. The minimum absolute atomic E-state index is 0.149. The van der Waals surface area contributed by atoms with E-state index in [1.54, 1.807) is 12.5 Å². The molecule has 0 amide bonds. The third-order valence-electron chi connectivity index (χ3n) is 8.37. The Balaban J connectivity index is 1.64. The SMILES string of the molecule is CC(=O)O[C@@H]1O[C@H](c2ccoc2)C[C@]12[C@H](C)[C@@H](OC(C)=O)C(=O)[C@H]1[C@@H]2CCC[C@@]12CO[C@@H](C)O2. The van der Waals surface area contributed by atoms with E-state index in [2.05, 4.69) is 0 Å². The molecular formula is C25H32O9. The Morgan fingerprint density at radius 3 is 2.53 bits per heavy atom. The van der Waals surface area contributed by atoms with E-state index >= 15 is 0 Å². The lowest BCUT2D eigenvalue weighted by molar-refractivity contribution is -0.243. The maximum Gasteiger partial charge on any atom is 0.304 e. The molecule has 5 rings (SSSR count). The van der Waals surface area contributed by atoms with Crippen molar-refractivity contribution >= 4 is 17.7 Å². The molecule has 9 nitrogen and oxygen atoms in total. The first-order valence-corrected chi connectivity index (χ1v) is 12.0. The third-order valence-corrected chi connectivity index (χ3v) is 8.37. The average Bonchev–Trinajstić information content (AvgIpc) is 3.50. The van der Waals surface area contributed by atoms with Crippen molar-refractivity contribution in [3.8, 4) is 0 Å². The van der Waals surface area contributed by atoms with Crippen LogP contribution in [0.5, 0.6) is 0 Å². The van der Waals surface area contributed by atoms with Crippen LogP contribution in [0, 0.1) is 23.2 Å². The summed E-state index contributed by atoms with van der Waals surface area (Å²) in [5.74, 6) is -2.37. The molecular weight excluding hydrogens is 444 g/mol. The first kappa shape index (κ1) is 23.5. The van der Waals surface area contributed by atoms with Gasteiger partial charge in [0.05, 0.1) is 31.2 Å². The number of carbonyl (C=O) groups is 3. The molecule has 0 aromatic carbocycles. The Bertz CT molecular complexity index is 954. The van der Waals surface area contributed by atoms with Gasteiger partial charge in [0.2, 0.25) is 6.29 Å². The second-order valence-corrected chi connectivity index (χ2v) is 10.2. The molecule has 1 aromatic rings.